The van der Waals surface area contributed by atoms with Gasteiger partial charge in [0.2, 0.25) is 0 Å². The van der Waals surface area contributed by atoms with E-state index in [-0.39, 0.29) is 24.0 Å². The fourth-order valence-corrected chi connectivity index (χ4v) is 3.40. The minimum Gasteiger partial charge on any atom is -0.460 e. The Bertz CT molecular complexity index is 1350. The van der Waals surface area contributed by atoms with Crippen LogP contribution in [0.4, 0.5) is 23.2 Å². The Morgan fingerprint density at radius 1 is 0.973 bits per heavy atom. The number of hydrogen-bond donors (Lipinski definition) is 1. The van der Waals surface area contributed by atoms with Crippen molar-refractivity contribution in [3.8, 4) is 23.1 Å². The summed E-state index contributed by atoms with van der Waals surface area (Å²) in [6.45, 7) is 2.86. The van der Waals surface area contributed by atoms with Gasteiger partial charge in [0.1, 0.15) is 12.4 Å². The largest absolute Gasteiger partial charge is 0.460 e. The molecule has 0 saturated carbocycles. The van der Waals surface area contributed by atoms with Crippen molar-refractivity contribution in [3.05, 3.63) is 89.7 Å². The second-order valence-electron chi connectivity index (χ2n) is 7.73. The van der Waals surface area contributed by atoms with Crippen LogP contribution >= 0.6 is 0 Å². The first-order chi connectivity index (χ1) is 17.8. The molecule has 0 saturated heterocycles. The number of amides is 1. The number of aromatic nitrogens is 3. The predicted octanol–water partition coefficient (Wildman–Crippen LogP) is 5.76. The lowest BCUT2D eigenvalue weighted by Gasteiger charge is -2.10. The molecule has 37 heavy (non-hydrogen) atoms. The van der Waals surface area contributed by atoms with E-state index in [1.807, 2.05) is 6.92 Å². The van der Waals surface area contributed by atoms with Crippen molar-refractivity contribution in [2.75, 3.05) is 25.1 Å². The normalized spacial score (nSPS) is 11.4. The van der Waals surface area contributed by atoms with Crippen LogP contribution < -0.4 is 10.1 Å². The van der Waals surface area contributed by atoms with E-state index in [1.54, 1.807) is 30.3 Å². The Labute approximate surface area is 209 Å². The van der Waals surface area contributed by atoms with Crippen LogP contribution in [0.3, 0.4) is 0 Å². The number of carbonyl (C=O) groups excluding carboxylic acids is 1. The molecule has 0 aliphatic rings. The summed E-state index contributed by atoms with van der Waals surface area (Å²) in [5, 5.41) is 6.96. The molecule has 0 atom stereocenters. The number of hydrogen-bond acceptors (Lipinski definition) is 5. The van der Waals surface area contributed by atoms with Crippen LogP contribution in [0.25, 0.3) is 17.1 Å². The number of ether oxygens (including phenoxy) is 2. The van der Waals surface area contributed by atoms with Crippen molar-refractivity contribution in [1.82, 2.24) is 14.8 Å². The fourth-order valence-electron chi connectivity index (χ4n) is 3.40. The van der Waals surface area contributed by atoms with Gasteiger partial charge in [0, 0.05) is 17.9 Å². The minimum absolute atomic E-state index is 0.0199. The van der Waals surface area contributed by atoms with Crippen LogP contribution in [-0.4, -0.2) is 40.5 Å². The number of nitrogens with one attached hydrogen (secondary N) is 1. The van der Waals surface area contributed by atoms with E-state index < -0.39 is 23.5 Å². The van der Waals surface area contributed by atoms with Crippen molar-refractivity contribution >= 4 is 11.6 Å². The van der Waals surface area contributed by atoms with Gasteiger partial charge in [-0.05, 0) is 55.5 Å². The molecule has 11 heteroatoms. The maximum absolute atomic E-state index is 13.9. The van der Waals surface area contributed by atoms with Gasteiger partial charge in [-0.15, -0.1) is 5.10 Å². The molecule has 4 aromatic rings. The van der Waals surface area contributed by atoms with E-state index in [0.29, 0.717) is 30.2 Å². The van der Waals surface area contributed by atoms with Crippen molar-refractivity contribution in [2.24, 2.45) is 0 Å². The van der Waals surface area contributed by atoms with Gasteiger partial charge >= 0.3 is 12.2 Å². The molecule has 1 N–H and O–H groups in total. The van der Waals surface area contributed by atoms with Gasteiger partial charge < -0.3 is 14.8 Å². The Morgan fingerprint density at radius 3 is 2.32 bits per heavy atom. The highest BCUT2D eigenvalue weighted by Crippen LogP contribution is 2.31. The van der Waals surface area contributed by atoms with E-state index in [9.17, 15) is 22.4 Å². The van der Waals surface area contributed by atoms with Gasteiger partial charge in [0.15, 0.2) is 5.82 Å². The lowest BCUT2D eigenvalue weighted by atomic mass is 10.1. The molecule has 1 heterocycles. The number of anilines is 1. The third kappa shape index (κ3) is 6.31. The van der Waals surface area contributed by atoms with Gasteiger partial charge in [-0.2, -0.15) is 18.2 Å². The molecule has 3 aromatic carbocycles. The molecule has 0 fully saturated rings. The molecule has 0 radical (unpaired) electrons. The molecule has 1 aromatic heterocycles. The summed E-state index contributed by atoms with van der Waals surface area (Å²) in [5.41, 5.74) is 0.413. The topological polar surface area (TPSA) is 78.3 Å². The molecule has 4 rings (SSSR count). The van der Waals surface area contributed by atoms with Crippen molar-refractivity contribution in [2.45, 2.75) is 13.1 Å². The molecule has 0 spiro atoms. The van der Waals surface area contributed by atoms with Crippen molar-refractivity contribution in [1.29, 1.82) is 0 Å². The van der Waals surface area contributed by atoms with Gasteiger partial charge in [0.05, 0.1) is 23.4 Å². The highest BCUT2D eigenvalue weighted by Gasteiger charge is 2.30. The first-order valence-electron chi connectivity index (χ1n) is 11.3. The number of halogens is 4. The van der Waals surface area contributed by atoms with E-state index in [4.69, 9.17) is 9.47 Å². The van der Waals surface area contributed by atoms with Crippen LogP contribution in [0, 0.1) is 5.82 Å². The SMILES string of the molecule is CCOCCOc1nc(-c2ccc(C(F)(F)F)cc2)n(-c2ccc(NC(=O)c3ccccc3F)cc2)n1. The Kier molecular flexibility index (Phi) is 7.83. The molecule has 7 nitrogen and oxygen atoms in total. The van der Waals surface area contributed by atoms with Crippen LogP contribution in [0.5, 0.6) is 6.01 Å². The lowest BCUT2D eigenvalue weighted by Crippen LogP contribution is -2.13. The monoisotopic (exact) mass is 514 g/mol. The zero-order valence-corrected chi connectivity index (χ0v) is 19.6. The summed E-state index contributed by atoms with van der Waals surface area (Å²) in [6.07, 6.45) is -4.47. The van der Waals surface area contributed by atoms with Crippen LogP contribution in [-0.2, 0) is 10.9 Å². The number of nitrogens with zero attached hydrogens (tertiary/aromatic N) is 3. The third-order valence-electron chi connectivity index (χ3n) is 5.21. The van der Waals surface area contributed by atoms with Crippen LogP contribution in [0.1, 0.15) is 22.8 Å². The summed E-state index contributed by atoms with van der Waals surface area (Å²) in [6, 6.07) is 16.6. The molecule has 0 bridgehead atoms. The predicted molar refractivity (Wildman–Crippen MR) is 128 cm³/mol. The van der Waals surface area contributed by atoms with Crippen molar-refractivity contribution < 1.29 is 31.8 Å². The summed E-state index contributed by atoms with van der Waals surface area (Å²) in [4.78, 5) is 16.7. The number of carbonyl (C=O) groups is 1. The maximum Gasteiger partial charge on any atom is 0.416 e. The molecule has 0 unspecified atom stereocenters. The van der Waals surface area contributed by atoms with Gasteiger partial charge in [-0.1, -0.05) is 24.3 Å². The zero-order valence-electron chi connectivity index (χ0n) is 19.6. The minimum atomic E-state index is -4.47. The molecular weight excluding hydrogens is 492 g/mol. The third-order valence-corrected chi connectivity index (χ3v) is 5.21. The quantitative estimate of drug-likeness (QED) is 0.227. The van der Waals surface area contributed by atoms with E-state index in [2.05, 4.69) is 15.4 Å². The fraction of sp³-hybridized carbons (Fsp3) is 0.192. The highest BCUT2D eigenvalue weighted by atomic mass is 19.4. The summed E-state index contributed by atoms with van der Waals surface area (Å²) in [5.74, 6) is -0.998. The molecular formula is C26H22F4N4O3. The average molecular weight is 514 g/mol. The number of alkyl halides is 3. The lowest BCUT2D eigenvalue weighted by molar-refractivity contribution is -0.137. The molecule has 192 valence electrons. The van der Waals surface area contributed by atoms with Gasteiger partial charge in [0.25, 0.3) is 5.91 Å². The Morgan fingerprint density at radius 2 is 1.68 bits per heavy atom. The van der Waals surface area contributed by atoms with Crippen LogP contribution in [0.15, 0.2) is 72.8 Å². The van der Waals surface area contributed by atoms with Crippen LogP contribution in [0.2, 0.25) is 0 Å². The zero-order chi connectivity index (χ0) is 26.4. The molecule has 1 amide bonds. The van der Waals surface area contributed by atoms with E-state index in [1.165, 1.54) is 35.0 Å². The standard InChI is InChI=1S/C26H22F4N4O3/c1-2-36-15-16-37-25-32-23(17-7-9-18(10-8-17)26(28,29)30)34(33-25)20-13-11-19(12-14-20)31-24(35)21-5-3-4-6-22(21)27/h3-14H,2,15-16H2,1H3,(H,31,35). The van der Waals surface area contributed by atoms with E-state index >= 15 is 0 Å². The first kappa shape index (κ1) is 25.8. The Hall–Kier alpha value is -4.25. The van der Waals surface area contributed by atoms with Gasteiger partial charge in [-0.25, -0.2) is 9.07 Å². The maximum atomic E-state index is 13.9. The smallest absolute Gasteiger partial charge is 0.416 e. The molecule has 0 aliphatic heterocycles. The number of rotatable bonds is 9. The highest BCUT2D eigenvalue weighted by molar-refractivity contribution is 6.04. The van der Waals surface area contributed by atoms with E-state index in [0.717, 1.165) is 12.1 Å². The summed E-state index contributed by atoms with van der Waals surface area (Å²) >= 11 is 0. The second kappa shape index (κ2) is 11.2. The number of benzene rings is 3. The first-order valence-corrected chi connectivity index (χ1v) is 11.3. The Balaban J connectivity index is 1.60. The summed E-state index contributed by atoms with van der Waals surface area (Å²) < 4.78 is 65.1. The molecule has 0 aliphatic carbocycles. The van der Waals surface area contributed by atoms with Crippen molar-refractivity contribution in [3.63, 3.8) is 0 Å². The summed E-state index contributed by atoms with van der Waals surface area (Å²) in [7, 11) is 0. The van der Waals surface area contributed by atoms with Gasteiger partial charge in [-0.3, -0.25) is 4.79 Å². The second-order valence-corrected chi connectivity index (χ2v) is 7.73. The average Bonchev–Trinajstić information content (AvgIpc) is 3.31.